The van der Waals surface area contributed by atoms with Crippen molar-refractivity contribution in [1.29, 1.82) is 0 Å². The first kappa shape index (κ1) is 21.0. The van der Waals surface area contributed by atoms with Crippen LogP contribution in [-0.2, 0) is 11.2 Å². The zero-order valence-electron chi connectivity index (χ0n) is 17.4. The fraction of sp³-hybridized carbons (Fsp3) is 0.435. The highest BCUT2D eigenvalue weighted by Crippen LogP contribution is 2.38. The van der Waals surface area contributed by atoms with Gasteiger partial charge in [0.1, 0.15) is 17.2 Å². The molecule has 6 nitrogen and oxygen atoms in total. The van der Waals surface area contributed by atoms with Crippen molar-refractivity contribution in [3.05, 3.63) is 53.6 Å². The molecule has 0 saturated carbocycles. The van der Waals surface area contributed by atoms with Gasteiger partial charge in [0, 0.05) is 18.2 Å². The summed E-state index contributed by atoms with van der Waals surface area (Å²) in [4.78, 5) is 14.8. The van der Waals surface area contributed by atoms with Crippen molar-refractivity contribution in [2.24, 2.45) is 0 Å². The van der Waals surface area contributed by atoms with E-state index in [0.29, 0.717) is 13.1 Å². The third-order valence-electron chi connectivity index (χ3n) is 5.42. The molecule has 1 amide bonds. The van der Waals surface area contributed by atoms with Gasteiger partial charge in [0.05, 0.1) is 27.9 Å². The molecule has 0 aromatic heterocycles. The smallest absolute Gasteiger partial charge is 0.234 e. The van der Waals surface area contributed by atoms with Gasteiger partial charge in [0.15, 0.2) is 0 Å². The van der Waals surface area contributed by atoms with Crippen molar-refractivity contribution in [2.45, 2.75) is 25.3 Å². The van der Waals surface area contributed by atoms with E-state index in [-0.39, 0.29) is 11.9 Å². The molecule has 0 spiro atoms. The fourth-order valence-corrected chi connectivity index (χ4v) is 3.95. The van der Waals surface area contributed by atoms with Crippen LogP contribution in [0, 0.1) is 0 Å². The van der Waals surface area contributed by atoms with Crippen LogP contribution in [0.5, 0.6) is 17.2 Å². The third kappa shape index (κ3) is 5.21. The Bertz CT molecular complexity index is 824. The van der Waals surface area contributed by atoms with E-state index in [1.807, 2.05) is 42.5 Å². The van der Waals surface area contributed by atoms with E-state index in [4.69, 9.17) is 14.2 Å². The Hall–Kier alpha value is -2.73. The largest absolute Gasteiger partial charge is 0.497 e. The Balaban J connectivity index is 1.59. The molecule has 2 aromatic carbocycles. The molecule has 1 N–H and O–H groups in total. The first-order chi connectivity index (χ1) is 14.2. The zero-order valence-corrected chi connectivity index (χ0v) is 17.4. The molecule has 1 saturated heterocycles. The monoisotopic (exact) mass is 398 g/mol. The van der Waals surface area contributed by atoms with E-state index in [9.17, 15) is 4.79 Å². The van der Waals surface area contributed by atoms with Gasteiger partial charge in [-0.25, -0.2) is 0 Å². The SMILES string of the molecule is COc1ccc(OC)c(C2CCCN2CC(=O)NCCc2ccccc2OC)c1. The highest BCUT2D eigenvalue weighted by Gasteiger charge is 2.30. The molecule has 156 valence electrons. The number of para-hydroxylation sites is 1. The highest BCUT2D eigenvalue weighted by molar-refractivity contribution is 5.78. The molecule has 6 heteroatoms. The standard InChI is InChI=1S/C23H30N2O4/c1-27-18-10-11-22(29-3)19(15-18)20-8-6-14-25(20)16-23(26)24-13-12-17-7-4-5-9-21(17)28-2/h4-5,7,9-11,15,20H,6,8,12-14,16H2,1-3H3,(H,24,26). The van der Waals surface area contributed by atoms with Crippen LogP contribution < -0.4 is 19.5 Å². The molecular formula is C23H30N2O4. The number of hydrogen-bond acceptors (Lipinski definition) is 5. The maximum absolute atomic E-state index is 12.6. The Labute approximate surface area is 172 Å². The molecule has 1 unspecified atom stereocenters. The summed E-state index contributed by atoms with van der Waals surface area (Å²) in [5, 5.41) is 3.04. The van der Waals surface area contributed by atoms with Crippen molar-refractivity contribution >= 4 is 5.91 Å². The second-order valence-corrected chi connectivity index (χ2v) is 7.15. The molecule has 2 aromatic rings. The van der Waals surface area contributed by atoms with Crippen LogP contribution in [0.3, 0.4) is 0 Å². The lowest BCUT2D eigenvalue weighted by Gasteiger charge is -2.26. The molecule has 0 aliphatic carbocycles. The summed E-state index contributed by atoms with van der Waals surface area (Å²) in [7, 11) is 5.00. The summed E-state index contributed by atoms with van der Waals surface area (Å²) < 4.78 is 16.3. The fourth-order valence-electron chi connectivity index (χ4n) is 3.95. The number of nitrogens with zero attached hydrogens (tertiary/aromatic N) is 1. The van der Waals surface area contributed by atoms with Crippen molar-refractivity contribution in [1.82, 2.24) is 10.2 Å². The first-order valence-electron chi connectivity index (χ1n) is 10.0. The number of likely N-dealkylation sites (tertiary alicyclic amines) is 1. The zero-order chi connectivity index (χ0) is 20.6. The van der Waals surface area contributed by atoms with Crippen molar-refractivity contribution in [2.75, 3.05) is 41.0 Å². The van der Waals surface area contributed by atoms with Crippen LogP contribution in [0.25, 0.3) is 0 Å². The predicted molar refractivity (Wildman–Crippen MR) is 113 cm³/mol. The summed E-state index contributed by atoms with van der Waals surface area (Å²) >= 11 is 0. The van der Waals surface area contributed by atoms with Crippen LogP contribution in [0.2, 0.25) is 0 Å². The quantitative estimate of drug-likeness (QED) is 0.703. The number of carbonyl (C=O) groups excluding carboxylic acids is 1. The van der Waals surface area contributed by atoms with E-state index >= 15 is 0 Å². The summed E-state index contributed by atoms with van der Waals surface area (Å²) in [6, 6.07) is 13.9. The van der Waals surface area contributed by atoms with Gasteiger partial charge in [-0.05, 0) is 55.6 Å². The highest BCUT2D eigenvalue weighted by atomic mass is 16.5. The van der Waals surface area contributed by atoms with Crippen LogP contribution in [-0.4, -0.2) is 51.8 Å². The summed E-state index contributed by atoms with van der Waals surface area (Å²) in [5.74, 6) is 2.52. The molecular weight excluding hydrogens is 368 g/mol. The number of nitrogens with one attached hydrogen (secondary N) is 1. The number of hydrogen-bond donors (Lipinski definition) is 1. The van der Waals surface area contributed by atoms with Gasteiger partial charge in [-0.1, -0.05) is 18.2 Å². The van der Waals surface area contributed by atoms with Crippen molar-refractivity contribution < 1.29 is 19.0 Å². The molecule has 1 aliphatic rings. The maximum Gasteiger partial charge on any atom is 0.234 e. The molecule has 0 radical (unpaired) electrons. The molecule has 1 atom stereocenters. The minimum Gasteiger partial charge on any atom is -0.497 e. The van der Waals surface area contributed by atoms with E-state index in [1.165, 1.54) is 0 Å². The van der Waals surface area contributed by atoms with Gasteiger partial charge in [-0.2, -0.15) is 0 Å². The molecule has 1 heterocycles. The number of benzene rings is 2. The number of rotatable bonds is 9. The molecule has 1 fully saturated rings. The minimum absolute atomic E-state index is 0.0358. The lowest BCUT2D eigenvalue weighted by molar-refractivity contribution is -0.122. The molecule has 29 heavy (non-hydrogen) atoms. The van der Waals surface area contributed by atoms with Gasteiger partial charge < -0.3 is 19.5 Å². The normalized spacial score (nSPS) is 16.4. The van der Waals surface area contributed by atoms with Crippen molar-refractivity contribution in [3.8, 4) is 17.2 Å². The topological polar surface area (TPSA) is 60.0 Å². The van der Waals surface area contributed by atoms with Gasteiger partial charge in [-0.15, -0.1) is 0 Å². The number of ether oxygens (including phenoxy) is 3. The van der Waals surface area contributed by atoms with Gasteiger partial charge in [-0.3, -0.25) is 9.69 Å². The van der Waals surface area contributed by atoms with Crippen molar-refractivity contribution in [3.63, 3.8) is 0 Å². The molecule has 1 aliphatic heterocycles. The third-order valence-corrected chi connectivity index (χ3v) is 5.42. The molecule has 0 bridgehead atoms. The average Bonchev–Trinajstić information content (AvgIpc) is 3.21. The van der Waals surface area contributed by atoms with Gasteiger partial charge >= 0.3 is 0 Å². The number of amides is 1. The van der Waals surface area contributed by atoms with E-state index in [2.05, 4.69) is 10.2 Å². The lowest BCUT2D eigenvalue weighted by Crippen LogP contribution is -2.37. The first-order valence-corrected chi connectivity index (χ1v) is 10.0. The summed E-state index contributed by atoms with van der Waals surface area (Å²) in [6.07, 6.45) is 2.79. The number of methoxy groups -OCH3 is 3. The predicted octanol–water partition coefficient (Wildman–Crippen LogP) is 3.21. The van der Waals surface area contributed by atoms with Gasteiger partial charge in [0.25, 0.3) is 0 Å². The van der Waals surface area contributed by atoms with Crippen LogP contribution in [0.1, 0.15) is 30.0 Å². The summed E-state index contributed by atoms with van der Waals surface area (Å²) in [5.41, 5.74) is 2.17. The second-order valence-electron chi connectivity index (χ2n) is 7.15. The lowest BCUT2D eigenvalue weighted by atomic mass is 10.0. The average molecular weight is 399 g/mol. The van der Waals surface area contributed by atoms with Gasteiger partial charge in [0.2, 0.25) is 5.91 Å². The van der Waals surface area contributed by atoms with Crippen LogP contribution >= 0.6 is 0 Å². The Kier molecular flexibility index (Phi) is 7.36. The van der Waals surface area contributed by atoms with Crippen LogP contribution in [0.4, 0.5) is 0 Å². The molecule has 3 rings (SSSR count). The van der Waals surface area contributed by atoms with E-state index < -0.39 is 0 Å². The van der Waals surface area contributed by atoms with E-state index in [0.717, 1.165) is 54.2 Å². The second kappa shape index (κ2) is 10.2. The summed E-state index contributed by atoms with van der Waals surface area (Å²) in [6.45, 7) is 1.85. The Morgan fingerprint density at radius 1 is 1.07 bits per heavy atom. The Morgan fingerprint density at radius 3 is 2.62 bits per heavy atom. The maximum atomic E-state index is 12.6. The van der Waals surface area contributed by atoms with Crippen LogP contribution in [0.15, 0.2) is 42.5 Å². The Morgan fingerprint density at radius 2 is 1.86 bits per heavy atom. The number of carbonyl (C=O) groups is 1. The van der Waals surface area contributed by atoms with E-state index in [1.54, 1.807) is 21.3 Å². The minimum atomic E-state index is 0.0358.